The molecule has 0 aliphatic carbocycles. The molecule has 0 radical (unpaired) electrons. The van der Waals surface area contributed by atoms with E-state index in [2.05, 4.69) is 27.3 Å². The van der Waals surface area contributed by atoms with Crippen molar-refractivity contribution in [3.8, 4) is 12.0 Å². The Hall–Kier alpha value is -2.78. The third-order valence-electron chi connectivity index (χ3n) is 3.96. The Bertz CT molecular complexity index is 952. The topological polar surface area (TPSA) is 71.0 Å². The van der Waals surface area contributed by atoms with Crippen LogP contribution in [-0.4, -0.2) is 10.5 Å². The van der Waals surface area contributed by atoms with Crippen LogP contribution in [0, 0.1) is 18.3 Å². The molecular formula is C19H16BrN3O2. The molecule has 1 N–H and O–H groups in total. The number of benzene rings is 1. The van der Waals surface area contributed by atoms with Gasteiger partial charge in [-0.2, -0.15) is 5.26 Å². The highest BCUT2D eigenvalue weighted by Crippen LogP contribution is 2.27. The summed E-state index contributed by atoms with van der Waals surface area (Å²) in [6, 6.07) is 13.2. The summed E-state index contributed by atoms with van der Waals surface area (Å²) in [5.74, 6) is 0.431. The maximum Gasteiger partial charge on any atom is 0.256 e. The number of aromatic nitrogens is 1. The van der Waals surface area contributed by atoms with Crippen LogP contribution in [0.5, 0.6) is 0 Å². The van der Waals surface area contributed by atoms with Gasteiger partial charge in [0.15, 0.2) is 0 Å². The van der Waals surface area contributed by atoms with Gasteiger partial charge in [-0.1, -0.05) is 34.1 Å². The highest BCUT2D eigenvalue weighted by Gasteiger charge is 2.25. The van der Waals surface area contributed by atoms with E-state index in [9.17, 15) is 10.1 Å². The second-order valence-corrected chi connectivity index (χ2v) is 6.49. The predicted molar refractivity (Wildman–Crippen MR) is 97.5 cm³/mol. The SMILES string of the molecule is Cc1oc(-n2cccc2)c(C#N)c1C(=O)N[C@@H](C)c1ccccc1Br. The number of nitrogens with one attached hydrogen (secondary N) is 1. The van der Waals surface area contributed by atoms with Crippen LogP contribution >= 0.6 is 15.9 Å². The van der Waals surface area contributed by atoms with E-state index in [4.69, 9.17) is 4.42 Å². The smallest absolute Gasteiger partial charge is 0.256 e. The van der Waals surface area contributed by atoms with E-state index in [1.165, 1.54) is 0 Å². The van der Waals surface area contributed by atoms with Crippen molar-refractivity contribution in [3.63, 3.8) is 0 Å². The number of amides is 1. The molecule has 25 heavy (non-hydrogen) atoms. The summed E-state index contributed by atoms with van der Waals surface area (Å²) in [4.78, 5) is 12.8. The van der Waals surface area contributed by atoms with Crippen LogP contribution in [0.15, 0.2) is 57.7 Å². The maximum absolute atomic E-state index is 12.8. The Morgan fingerprint density at radius 2 is 1.96 bits per heavy atom. The van der Waals surface area contributed by atoms with Crippen LogP contribution in [0.4, 0.5) is 0 Å². The number of carbonyl (C=O) groups excluding carboxylic acids is 1. The van der Waals surface area contributed by atoms with Crippen molar-refractivity contribution in [1.82, 2.24) is 9.88 Å². The Morgan fingerprint density at radius 1 is 1.28 bits per heavy atom. The van der Waals surface area contributed by atoms with E-state index in [0.29, 0.717) is 11.6 Å². The van der Waals surface area contributed by atoms with Gasteiger partial charge in [0.05, 0.1) is 6.04 Å². The molecule has 0 spiro atoms. The minimum Gasteiger partial charge on any atom is -0.443 e. The maximum atomic E-state index is 12.8. The second kappa shape index (κ2) is 6.99. The fourth-order valence-corrected chi connectivity index (χ4v) is 3.36. The molecule has 6 heteroatoms. The molecule has 3 rings (SSSR count). The van der Waals surface area contributed by atoms with E-state index in [-0.39, 0.29) is 23.1 Å². The van der Waals surface area contributed by atoms with E-state index in [1.807, 2.05) is 43.3 Å². The van der Waals surface area contributed by atoms with Crippen LogP contribution in [-0.2, 0) is 0 Å². The van der Waals surface area contributed by atoms with Crippen molar-refractivity contribution < 1.29 is 9.21 Å². The predicted octanol–water partition coefficient (Wildman–Crippen LogP) is 4.50. The Labute approximate surface area is 154 Å². The molecule has 1 amide bonds. The van der Waals surface area contributed by atoms with Gasteiger partial charge in [-0.05, 0) is 37.6 Å². The molecule has 2 aromatic heterocycles. The van der Waals surface area contributed by atoms with Gasteiger partial charge in [-0.25, -0.2) is 0 Å². The number of furan rings is 1. The molecule has 1 atom stereocenters. The van der Waals surface area contributed by atoms with E-state index < -0.39 is 0 Å². The molecular weight excluding hydrogens is 382 g/mol. The van der Waals surface area contributed by atoms with E-state index in [0.717, 1.165) is 10.0 Å². The molecule has 0 bridgehead atoms. The van der Waals surface area contributed by atoms with Gasteiger partial charge in [0.1, 0.15) is 23.0 Å². The molecule has 0 unspecified atom stereocenters. The number of hydrogen-bond acceptors (Lipinski definition) is 3. The van der Waals surface area contributed by atoms with Gasteiger partial charge in [-0.3, -0.25) is 9.36 Å². The monoisotopic (exact) mass is 397 g/mol. The number of nitrogens with zero attached hydrogens (tertiary/aromatic N) is 2. The molecule has 0 saturated heterocycles. The molecule has 126 valence electrons. The van der Waals surface area contributed by atoms with Crippen molar-refractivity contribution in [2.75, 3.05) is 0 Å². The Kier molecular flexibility index (Phi) is 4.77. The third kappa shape index (κ3) is 3.24. The lowest BCUT2D eigenvalue weighted by atomic mass is 10.1. The average molecular weight is 398 g/mol. The van der Waals surface area contributed by atoms with Crippen molar-refractivity contribution in [1.29, 1.82) is 5.26 Å². The van der Waals surface area contributed by atoms with Crippen molar-refractivity contribution >= 4 is 21.8 Å². The summed E-state index contributed by atoms with van der Waals surface area (Å²) in [5, 5.41) is 12.5. The minimum absolute atomic E-state index is 0.223. The fourth-order valence-electron chi connectivity index (χ4n) is 2.73. The zero-order valence-electron chi connectivity index (χ0n) is 13.8. The summed E-state index contributed by atoms with van der Waals surface area (Å²) in [6.07, 6.45) is 3.54. The zero-order valence-corrected chi connectivity index (χ0v) is 15.4. The van der Waals surface area contributed by atoms with Gasteiger partial charge >= 0.3 is 0 Å². The molecule has 2 heterocycles. The quantitative estimate of drug-likeness (QED) is 0.703. The van der Waals surface area contributed by atoms with E-state index >= 15 is 0 Å². The van der Waals surface area contributed by atoms with Gasteiger partial charge in [0.2, 0.25) is 5.88 Å². The number of rotatable bonds is 4. The number of nitriles is 1. The summed E-state index contributed by atoms with van der Waals surface area (Å²) in [5.41, 5.74) is 1.46. The lowest BCUT2D eigenvalue weighted by Gasteiger charge is -2.15. The zero-order chi connectivity index (χ0) is 18.0. The molecule has 3 aromatic rings. The van der Waals surface area contributed by atoms with Crippen LogP contribution in [0.3, 0.4) is 0 Å². The summed E-state index contributed by atoms with van der Waals surface area (Å²) >= 11 is 3.49. The van der Waals surface area contributed by atoms with Crippen molar-refractivity contribution in [3.05, 3.63) is 75.7 Å². The summed E-state index contributed by atoms with van der Waals surface area (Å²) < 4.78 is 8.28. The number of aryl methyl sites for hydroxylation is 1. The van der Waals surface area contributed by atoms with Crippen LogP contribution < -0.4 is 5.32 Å². The van der Waals surface area contributed by atoms with E-state index in [1.54, 1.807) is 23.9 Å². The third-order valence-corrected chi connectivity index (χ3v) is 4.69. The Morgan fingerprint density at radius 3 is 2.60 bits per heavy atom. The molecule has 5 nitrogen and oxygen atoms in total. The second-order valence-electron chi connectivity index (χ2n) is 5.63. The molecule has 0 aliphatic heterocycles. The van der Waals surface area contributed by atoms with Gasteiger partial charge < -0.3 is 9.73 Å². The minimum atomic E-state index is -0.334. The van der Waals surface area contributed by atoms with Gasteiger partial charge in [0, 0.05) is 16.9 Å². The standard InChI is InChI=1S/C19H16BrN3O2/c1-12(14-7-3-4-8-16(14)20)22-18(24)17-13(2)25-19(15(17)11-21)23-9-5-6-10-23/h3-10,12H,1-2H3,(H,22,24)/t12-/m0/s1. The first-order valence-electron chi connectivity index (χ1n) is 7.75. The lowest BCUT2D eigenvalue weighted by molar-refractivity contribution is 0.0938. The molecule has 1 aromatic carbocycles. The first-order chi connectivity index (χ1) is 12.0. The van der Waals surface area contributed by atoms with Crippen LogP contribution in [0.1, 0.15) is 40.2 Å². The van der Waals surface area contributed by atoms with Crippen LogP contribution in [0.2, 0.25) is 0 Å². The number of carbonyl (C=O) groups is 1. The van der Waals surface area contributed by atoms with Crippen molar-refractivity contribution in [2.24, 2.45) is 0 Å². The fraction of sp³-hybridized carbons (Fsp3) is 0.158. The average Bonchev–Trinajstić information content (AvgIpc) is 3.22. The van der Waals surface area contributed by atoms with Crippen molar-refractivity contribution in [2.45, 2.75) is 19.9 Å². The normalized spacial score (nSPS) is 11.8. The highest BCUT2D eigenvalue weighted by atomic mass is 79.9. The van der Waals surface area contributed by atoms with Gasteiger partial charge in [0.25, 0.3) is 5.91 Å². The number of hydrogen-bond donors (Lipinski definition) is 1. The first-order valence-corrected chi connectivity index (χ1v) is 8.54. The first kappa shape index (κ1) is 17.1. The van der Waals surface area contributed by atoms with Gasteiger partial charge in [-0.15, -0.1) is 0 Å². The summed E-state index contributed by atoms with van der Waals surface area (Å²) in [6.45, 7) is 3.58. The molecule has 0 fully saturated rings. The number of halogens is 1. The molecule has 0 saturated carbocycles. The lowest BCUT2D eigenvalue weighted by Crippen LogP contribution is -2.27. The highest BCUT2D eigenvalue weighted by molar-refractivity contribution is 9.10. The molecule has 0 aliphatic rings. The van der Waals surface area contributed by atoms with Crippen LogP contribution in [0.25, 0.3) is 5.88 Å². The largest absolute Gasteiger partial charge is 0.443 e. The Balaban J connectivity index is 1.93. The summed E-state index contributed by atoms with van der Waals surface area (Å²) in [7, 11) is 0.